The van der Waals surface area contributed by atoms with Crippen LogP contribution in [0, 0.1) is 6.92 Å². The summed E-state index contributed by atoms with van der Waals surface area (Å²) in [6, 6.07) is 11.8. The number of benzene rings is 2. The summed E-state index contributed by atoms with van der Waals surface area (Å²) >= 11 is 16.2. The van der Waals surface area contributed by atoms with Gasteiger partial charge in [0.1, 0.15) is 5.75 Å². The third-order valence-corrected chi connectivity index (χ3v) is 4.25. The van der Waals surface area contributed by atoms with Crippen LogP contribution in [0.2, 0.25) is 5.02 Å². The third kappa shape index (κ3) is 3.69. The predicted octanol–water partition coefficient (Wildman–Crippen LogP) is 6.14. The maximum absolute atomic E-state index is 6.56. The van der Waals surface area contributed by atoms with Crippen molar-refractivity contribution in [1.29, 1.82) is 0 Å². The topological polar surface area (TPSA) is 9.23 Å². The Morgan fingerprint density at radius 2 is 1.90 bits per heavy atom. The first-order valence-corrected chi connectivity index (χ1v) is 7.95. The van der Waals surface area contributed by atoms with Gasteiger partial charge in [-0.1, -0.05) is 23.7 Å². The predicted molar refractivity (Wildman–Crippen MR) is 89.2 cm³/mol. The Morgan fingerprint density at radius 1 is 1.15 bits per heavy atom. The van der Waals surface area contributed by atoms with Crippen LogP contribution in [0.15, 0.2) is 40.9 Å². The van der Waals surface area contributed by atoms with Gasteiger partial charge in [0.05, 0.1) is 16.5 Å². The maximum atomic E-state index is 6.56. The van der Waals surface area contributed by atoms with E-state index < -0.39 is 0 Å². The first-order valence-electron chi connectivity index (χ1n) is 6.34. The fraction of sp³-hybridized carbons (Fsp3) is 0.250. The Kier molecular flexibility index (Phi) is 5.36. The largest absolute Gasteiger partial charge is 0.493 e. The molecule has 2 rings (SSSR count). The first kappa shape index (κ1) is 15.7. The van der Waals surface area contributed by atoms with Crippen molar-refractivity contribution in [1.82, 2.24) is 0 Å². The Labute approximate surface area is 138 Å². The summed E-state index contributed by atoms with van der Waals surface area (Å²) < 4.78 is 6.41. The van der Waals surface area contributed by atoms with Gasteiger partial charge < -0.3 is 4.74 Å². The molecule has 1 unspecified atom stereocenters. The van der Waals surface area contributed by atoms with Crippen molar-refractivity contribution in [3.05, 3.63) is 62.6 Å². The van der Waals surface area contributed by atoms with Crippen molar-refractivity contribution in [2.75, 3.05) is 6.61 Å². The highest BCUT2D eigenvalue weighted by Gasteiger charge is 2.14. The molecule has 0 saturated heterocycles. The van der Waals surface area contributed by atoms with Crippen LogP contribution in [0.1, 0.15) is 29.0 Å². The van der Waals surface area contributed by atoms with Crippen LogP contribution < -0.4 is 4.74 Å². The number of hydrogen-bond acceptors (Lipinski definition) is 1. The van der Waals surface area contributed by atoms with E-state index in [1.165, 1.54) is 0 Å². The van der Waals surface area contributed by atoms with Crippen molar-refractivity contribution >= 4 is 39.1 Å². The second kappa shape index (κ2) is 6.84. The molecule has 1 nitrogen and oxygen atoms in total. The lowest BCUT2D eigenvalue weighted by Crippen LogP contribution is -1.97. The average molecular weight is 374 g/mol. The quantitative estimate of drug-likeness (QED) is 0.585. The van der Waals surface area contributed by atoms with E-state index in [1.807, 2.05) is 50.2 Å². The van der Waals surface area contributed by atoms with Crippen molar-refractivity contribution in [2.45, 2.75) is 19.2 Å². The highest BCUT2D eigenvalue weighted by Crippen LogP contribution is 2.35. The molecule has 2 aromatic carbocycles. The molecule has 0 bridgehead atoms. The normalized spacial score (nSPS) is 12.2. The lowest BCUT2D eigenvalue weighted by molar-refractivity contribution is 0.338. The maximum Gasteiger partial charge on any atom is 0.133 e. The van der Waals surface area contributed by atoms with Crippen LogP contribution in [-0.4, -0.2) is 6.61 Å². The van der Waals surface area contributed by atoms with E-state index in [9.17, 15) is 0 Å². The minimum absolute atomic E-state index is 0.237. The molecule has 0 radical (unpaired) electrons. The van der Waals surface area contributed by atoms with Gasteiger partial charge in [-0.3, -0.25) is 0 Å². The van der Waals surface area contributed by atoms with Crippen LogP contribution in [0.3, 0.4) is 0 Å². The van der Waals surface area contributed by atoms with Gasteiger partial charge in [0.2, 0.25) is 0 Å². The van der Waals surface area contributed by atoms with E-state index in [0.717, 1.165) is 26.9 Å². The molecule has 0 spiro atoms. The fourth-order valence-electron chi connectivity index (χ4n) is 2.05. The molecule has 0 amide bonds. The van der Waals surface area contributed by atoms with E-state index in [0.29, 0.717) is 11.6 Å². The molecule has 0 aliphatic heterocycles. The minimum atomic E-state index is -0.237. The van der Waals surface area contributed by atoms with Crippen molar-refractivity contribution in [3.8, 4) is 5.75 Å². The van der Waals surface area contributed by atoms with Crippen LogP contribution in [0.25, 0.3) is 0 Å². The number of rotatable bonds is 4. The van der Waals surface area contributed by atoms with Crippen LogP contribution in [0.5, 0.6) is 5.75 Å². The zero-order valence-electron chi connectivity index (χ0n) is 11.3. The van der Waals surface area contributed by atoms with Gasteiger partial charge in [-0.05, 0) is 70.7 Å². The molecule has 0 N–H and O–H groups in total. The summed E-state index contributed by atoms with van der Waals surface area (Å²) in [5.74, 6) is 0.822. The summed E-state index contributed by atoms with van der Waals surface area (Å²) in [6.45, 7) is 4.60. The molecule has 20 heavy (non-hydrogen) atoms. The molecule has 0 aliphatic carbocycles. The summed E-state index contributed by atoms with van der Waals surface area (Å²) in [5.41, 5.74) is 3.10. The highest BCUT2D eigenvalue weighted by molar-refractivity contribution is 9.10. The number of ether oxygens (including phenoxy) is 1. The molecule has 0 aliphatic rings. The molecule has 1 atom stereocenters. The summed E-state index contributed by atoms with van der Waals surface area (Å²) in [5, 5.41) is 0.468. The monoisotopic (exact) mass is 372 g/mol. The van der Waals surface area contributed by atoms with Gasteiger partial charge in [0, 0.05) is 5.02 Å². The number of hydrogen-bond donors (Lipinski definition) is 0. The molecule has 0 saturated carbocycles. The summed E-state index contributed by atoms with van der Waals surface area (Å²) in [7, 11) is 0. The fourth-order valence-corrected chi connectivity index (χ4v) is 3.12. The molecule has 0 heterocycles. The van der Waals surface area contributed by atoms with Crippen molar-refractivity contribution in [2.24, 2.45) is 0 Å². The second-order valence-electron chi connectivity index (χ2n) is 4.55. The van der Waals surface area contributed by atoms with Crippen molar-refractivity contribution in [3.63, 3.8) is 0 Å². The summed E-state index contributed by atoms with van der Waals surface area (Å²) in [4.78, 5) is 0. The first-order chi connectivity index (χ1) is 9.51. The number of alkyl halides is 1. The summed E-state index contributed by atoms with van der Waals surface area (Å²) in [6.07, 6.45) is 0. The van der Waals surface area contributed by atoms with Crippen molar-refractivity contribution < 1.29 is 4.74 Å². The van der Waals surface area contributed by atoms with Gasteiger partial charge in [-0.2, -0.15) is 0 Å². The lowest BCUT2D eigenvalue weighted by atomic mass is 10.0. The number of aryl methyl sites for hydroxylation is 1. The molecule has 4 heteroatoms. The van der Waals surface area contributed by atoms with Crippen LogP contribution in [0.4, 0.5) is 0 Å². The molecular formula is C16H15BrCl2O. The van der Waals surface area contributed by atoms with Crippen LogP contribution >= 0.6 is 39.1 Å². The highest BCUT2D eigenvalue weighted by atomic mass is 79.9. The SMILES string of the molecule is CCOc1ccc(C(Cl)c2cc(C)cc(Cl)c2)cc1Br. The zero-order chi connectivity index (χ0) is 14.7. The standard InChI is InChI=1S/C16H15BrCl2O/c1-3-20-15-5-4-11(9-14(15)17)16(19)12-6-10(2)7-13(18)8-12/h4-9,16H,3H2,1-2H3. The van der Waals surface area contributed by atoms with E-state index in [-0.39, 0.29) is 5.38 Å². The van der Waals surface area contributed by atoms with E-state index in [4.69, 9.17) is 27.9 Å². The smallest absolute Gasteiger partial charge is 0.133 e. The Bertz CT molecular complexity index is 593. The lowest BCUT2D eigenvalue weighted by Gasteiger charge is -2.14. The third-order valence-electron chi connectivity index (χ3n) is 2.91. The van der Waals surface area contributed by atoms with Crippen LogP contribution in [-0.2, 0) is 0 Å². The molecule has 106 valence electrons. The van der Waals surface area contributed by atoms with E-state index >= 15 is 0 Å². The van der Waals surface area contributed by atoms with Gasteiger partial charge in [0.15, 0.2) is 0 Å². The Balaban J connectivity index is 2.33. The van der Waals surface area contributed by atoms with E-state index in [2.05, 4.69) is 15.9 Å². The van der Waals surface area contributed by atoms with Gasteiger partial charge in [-0.15, -0.1) is 11.6 Å². The van der Waals surface area contributed by atoms with Gasteiger partial charge in [-0.25, -0.2) is 0 Å². The molecule has 2 aromatic rings. The number of halogens is 3. The van der Waals surface area contributed by atoms with Gasteiger partial charge >= 0.3 is 0 Å². The minimum Gasteiger partial charge on any atom is -0.493 e. The average Bonchev–Trinajstić information content (AvgIpc) is 2.39. The van der Waals surface area contributed by atoms with E-state index in [1.54, 1.807) is 0 Å². The van der Waals surface area contributed by atoms with Gasteiger partial charge in [0.25, 0.3) is 0 Å². The second-order valence-corrected chi connectivity index (χ2v) is 6.27. The molecular weight excluding hydrogens is 359 g/mol. The molecule has 0 fully saturated rings. The Morgan fingerprint density at radius 3 is 2.50 bits per heavy atom. The zero-order valence-corrected chi connectivity index (χ0v) is 14.4. The molecule has 0 aromatic heterocycles. The Hall–Kier alpha value is -0.700.